The third-order valence-electron chi connectivity index (χ3n) is 4.82. The molecule has 2 aromatic carbocycles. The lowest BCUT2D eigenvalue weighted by atomic mass is 10.1. The van der Waals surface area contributed by atoms with Gasteiger partial charge in [0.05, 0.1) is 40.1 Å². The van der Waals surface area contributed by atoms with E-state index in [0.717, 1.165) is 35.4 Å². The maximum atomic E-state index is 5.50. The Kier molecular flexibility index (Phi) is 5.16. The molecular weight excluding hydrogens is 358 g/mol. The number of hydrogen-bond acceptors (Lipinski definition) is 7. The lowest BCUT2D eigenvalue weighted by Crippen LogP contribution is -2.37. The van der Waals surface area contributed by atoms with E-state index < -0.39 is 0 Å². The number of ether oxygens (including phenoxy) is 4. The van der Waals surface area contributed by atoms with Gasteiger partial charge in [0.15, 0.2) is 17.3 Å². The summed E-state index contributed by atoms with van der Waals surface area (Å²) in [7, 11) is 4.78. The summed E-state index contributed by atoms with van der Waals surface area (Å²) in [6.07, 6.45) is 0. The molecule has 2 heterocycles. The number of fused-ring (bicyclic) bond motifs is 1. The number of benzene rings is 2. The van der Waals surface area contributed by atoms with Gasteiger partial charge in [-0.25, -0.2) is 9.97 Å². The molecule has 0 N–H and O–H groups in total. The number of rotatable bonds is 5. The Morgan fingerprint density at radius 1 is 0.893 bits per heavy atom. The third-order valence-corrected chi connectivity index (χ3v) is 4.82. The van der Waals surface area contributed by atoms with Crippen LogP contribution in [0.5, 0.6) is 17.2 Å². The molecule has 0 unspecified atom stereocenters. The average molecular weight is 381 g/mol. The lowest BCUT2D eigenvalue weighted by Gasteiger charge is -2.29. The van der Waals surface area contributed by atoms with Crippen molar-refractivity contribution in [3.8, 4) is 28.6 Å². The van der Waals surface area contributed by atoms with E-state index >= 15 is 0 Å². The Hall–Kier alpha value is -3.06. The van der Waals surface area contributed by atoms with E-state index in [0.29, 0.717) is 36.3 Å². The quantitative estimate of drug-likeness (QED) is 0.672. The first-order valence-electron chi connectivity index (χ1n) is 9.15. The molecule has 0 radical (unpaired) electrons. The molecule has 1 aliphatic heterocycles. The third kappa shape index (κ3) is 3.29. The molecule has 0 bridgehead atoms. The van der Waals surface area contributed by atoms with Crippen molar-refractivity contribution < 1.29 is 18.9 Å². The van der Waals surface area contributed by atoms with Gasteiger partial charge < -0.3 is 23.8 Å². The highest BCUT2D eigenvalue weighted by molar-refractivity contribution is 5.91. The van der Waals surface area contributed by atoms with Crippen LogP contribution >= 0.6 is 0 Å². The van der Waals surface area contributed by atoms with Crippen LogP contribution in [0.3, 0.4) is 0 Å². The van der Waals surface area contributed by atoms with Gasteiger partial charge in [-0.05, 0) is 24.3 Å². The highest BCUT2D eigenvalue weighted by Crippen LogP contribution is 2.41. The van der Waals surface area contributed by atoms with Gasteiger partial charge in [-0.15, -0.1) is 0 Å². The van der Waals surface area contributed by atoms with Gasteiger partial charge in [-0.3, -0.25) is 0 Å². The van der Waals surface area contributed by atoms with Crippen molar-refractivity contribution in [1.29, 1.82) is 0 Å². The fraction of sp³-hybridized carbons (Fsp3) is 0.333. The zero-order valence-electron chi connectivity index (χ0n) is 16.3. The molecule has 28 heavy (non-hydrogen) atoms. The molecule has 0 aliphatic carbocycles. The normalized spacial score (nSPS) is 14.2. The zero-order valence-corrected chi connectivity index (χ0v) is 16.3. The number of anilines is 1. The molecule has 0 spiro atoms. The second-order valence-electron chi connectivity index (χ2n) is 6.40. The molecule has 7 heteroatoms. The van der Waals surface area contributed by atoms with Gasteiger partial charge in [0.25, 0.3) is 0 Å². The van der Waals surface area contributed by atoms with Crippen molar-refractivity contribution in [3.05, 3.63) is 36.4 Å². The second-order valence-corrected chi connectivity index (χ2v) is 6.40. The van der Waals surface area contributed by atoms with Crippen LogP contribution in [0, 0.1) is 0 Å². The number of para-hydroxylation sites is 1. The summed E-state index contributed by atoms with van der Waals surface area (Å²) in [4.78, 5) is 11.9. The monoisotopic (exact) mass is 381 g/mol. The molecule has 0 amide bonds. The Morgan fingerprint density at radius 2 is 1.57 bits per heavy atom. The summed E-state index contributed by atoms with van der Waals surface area (Å²) in [5, 5.41) is 1.03. The Balaban J connectivity index is 1.89. The van der Waals surface area contributed by atoms with E-state index in [1.165, 1.54) is 0 Å². The fourth-order valence-electron chi connectivity index (χ4n) is 3.42. The fourth-order valence-corrected chi connectivity index (χ4v) is 3.42. The van der Waals surface area contributed by atoms with Crippen LogP contribution in [-0.2, 0) is 4.74 Å². The zero-order chi connectivity index (χ0) is 19.5. The first-order chi connectivity index (χ1) is 13.7. The van der Waals surface area contributed by atoms with E-state index in [-0.39, 0.29) is 0 Å². The van der Waals surface area contributed by atoms with Crippen LogP contribution in [0.1, 0.15) is 0 Å². The van der Waals surface area contributed by atoms with E-state index in [2.05, 4.69) is 11.0 Å². The van der Waals surface area contributed by atoms with E-state index in [4.69, 9.17) is 28.9 Å². The van der Waals surface area contributed by atoms with Gasteiger partial charge in [0.1, 0.15) is 5.82 Å². The molecular formula is C21H23N3O4. The number of nitrogens with zero attached hydrogens (tertiary/aromatic N) is 3. The Bertz CT molecular complexity index is 962. The van der Waals surface area contributed by atoms with Gasteiger partial charge >= 0.3 is 0 Å². The summed E-state index contributed by atoms with van der Waals surface area (Å²) >= 11 is 0. The molecule has 1 aromatic heterocycles. The Labute approximate surface area is 163 Å². The minimum Gasteiger partial charge on any atom is -0.493 e. The predicted molar refractivity (Wildman–Crippen MR) is 108 cm³/mol. The summed E-state index contributed by atoms with van der Waals surface area (Å²) in [6.45, 7) is 2.99. The number of hydrogen-bond donors (Lipinski definition) is 0. The molecule has 1 saturated heterocycles. The highest BCUT2D eigenvalue weighted by atomic mass is 16.5. The lowest BCUT2D eigenvalue weighted by molar-refractivity contribution is 0.122. The van der Waals surface area contributed by atoms with Crippen LogP contribution < -0.4 is 19.1 Å². The summed E-state index contributed by atoms with van der Waals surface area (Å²) in [5.74, 6) is 3.21. The predicted octanol–water partition coefficient (Wildman–Crippen LogP) is 3.16. The van der Waals surface area contributed by atoms with Gasteiger partial charge in [-0.1, -0.05) is 12.1 Å². The van der Waals surface area contributed by atoms with Crippen molar-refractivity contribution in [2.75, 3.05) is 52.5 Å². The number of morpholine rings is 1. The molecule has 1 fully saturated rings. The minimum absolute atomic E-state index is 0.544. The van der Waals surface area contributed by atoms with Gasteiger partial charge in [-0.2, -0.15) is 0 Å². The van der Waals surface area contributed by atoms with Crippen molar-refractivity contribution in [1.82, 2.24) is 9.97 Å². The second kappa shape index (κ2) is 7.90. The van der Waals surface area contributed by atoms with Crippen molar-refractivity contribution >= 4 is 16.7 Å². The first-order valence-corrected chi connectivity index (χ1v) is 9.15. The van der Waals surface area contributed by atoms with Crippen molar-refractivity contribution in [2.45, 2.75) is 0 Å². The smallest absolute Gasteiger partial charge is 0.203 e. The standard InChI is InChI=1S/C21H23N3O4/c1-25-17-12-14(13-18(26-2)19(17)27-3)20-22-16-7-5-4-6-15(16)21(23-20)24-8-10-28-11-9-24/h4-7,12-13H,8-11H2,1-3H3. The van der Waals surface area contributed by atoms with Crippen molar-refractivity contribution in [2.24, 2.45) is 0 Å². The topological polar surface area (TPSA) is 65.9 Å². The number of methoxy groups -OCH3 is 3. The van der Waals surface area contributed by atoms with Crippen LogP contribution in [0.4, 0.5) is 5.82 Å². The summed E-state index contributed by atoms with van der Waals surface area (Å²) in [5.41, 5.74) is 1.69. The SMILES string of the molecule is COc1cc(-c2nc(N3CCOCC3)c3ccccc3n2)cc(OC)c1OC. The van der Waals surface area contributed by atoms with Gasteiger partial charge in [0, 0.05) is 24.0 Å². The van der Waals surface area contributed by atoms with Crippen LogP contribution in [-0.4, -0.2) is 57.6 Å². The Morgan fingerprint density at radius 3 is 2.21 bits per heavy atom. The van der Waals surface area contributed by atoms with E-state index in [9.17, 15) is 0 Å². The molecule has 0 atom stereocenters. The molecule has 7 nitrogen and oxygen atoms in total. The summed E-state index contributed by atoms with van der Waals surface area (Å²) in [6, 6.07) is 11.8. The number of aromatic nitrogens is 2. The molecule has 1 aliphatic rings. The first kappa shape index (κ1) is 18.3. The minimum atomic E-state index is 0.544. The molecule has 146 valence electrons. The maximum absolute atomic E-state index is 5.50. The molecule has 4 rings (SSSR count). The van der Waals surface area contributed by atoms with Crippen LogP contribution in [0.25, 0.3) is 22.3 Å². The van der Waals surface area contributed by atoms with Gasteiger partial charge in [0.2, 0.25) is 5.75 Å². The molecule has 0 saturated carbocycles. The van der Waals surface area contributed by atoms with Crippen LogP contribution in [0.2, 0.25) is 0 Å². The molecule has 3 aromatic rings. The van der Waals surface area contributed by atoms with Crippen molar-refractivity contribution in [3.63, 3.8) is 0 Å². The summed E-state index contributed by atoms with van der Waals surface area (Å²) < 4.78 is 21.9. The average Bonchev–Trinajstić information content (AvgIpc) is 2.77. The van der Waals surface area contributed by atoms with Crippen LogP contribution in [0.15, 0.2) is 36.4 Å². The van der Waals surface area contributed by atoms with E-state index in [1.54, 1.807) is 21.3 Å². The van der Waals surface area contributed by atoms with E-state index in [1.807, 2.05) is 30.3 Å². The largest absolute Gasteiger partial charge is 0.493 e. The maximum Gasteiger partial charge on any atom is 0.203 e. The highest BCUT2D eigenvalue weighted by Gasteiger charge is 2.20.